The van der Waals surface area contributed by atoms with Gasteiger partial charge in [0.15, 0.2) is 18.1 Å². The molecular weight excluding hydrogens is 384 g/mol. The van der Waals surface area contributed by atoms with E-state index in [0.29, 0.717) is 41.2 Å². The predicted octanol–water partition coefficient (Wildman–Crippen LogP) is 3.22. The number of halogens is 1. The van der Waals surface area contributed by atoms with Gasteiger partial charge in [0.2, 0.25) is 0 Å². The third-order valence-electron chi connectivity index (χ3n) is 4.07. The van der Waals surface area contributed by atoms with Crippen LogP contribution in [0.2, 0.25) is 5.02 Å². The van der Waals surface area contributed by atoms with Gasteiger partial charge in [-0.3, -0.25) is 9.59 Å². The van der Waals surface area contributed by atoms with Crippen LogP contribution in [0, 0.1) is 0 Å². The number of benzene rings is 2. The maximum atomic E-state index is 12.8. The minimum atomic E-state index is -0.413. The lowest BCUT2D eigenvalue weighted by molar-refractivity contribution is -0.130. The zero-order valence-electron chi connectivity index (χ0n) is 15.7. The first-order valence-corrected chi connectivity index (χ1v) is 9.16. The van der Waals surface area contributed by atoms with Crippen LogP contribution >= 0.6 is 11.6 Å². The lowest BCUT2D eigenvalue weighted by atomic mass is 10.1. The second-order valence-electron chi connectivity index (χ2n) is 6.36. The molecule has 1 heterocycles. The van der Waals surface area contributed by atoms with Crippen LogP contribution < -0.4 is 19.5 Å². The van der Waals surface area contributed by atoms with E-state index < -0.39 is 5.91 Å². The number of nitrogens with zero attached hydrogens (tertiary/aromatic N) is 1. The number of nitrogens with one attached hydrogen (secondary N) is 1. The van der Waals surface area contributed by atoms with Crippen molar-refractivity contribution in [3.63, 3.8) is 0 Å². The van der Waals surface area contributed by atoms with E-state index in [4.69, 9.17) is 25.8 Å². The van der Waals surface area contributed by atoms with Crippen LogP contribution in [0.1, 0.15) is 16.8 Å². The minimum absolute atomic E-state index is 0.165. The van der Waals surface area contributed by atoms with Gasteiger partial charge in [-0.2, -0.15) is 0 Å². The number of amides is 2. The summed E-state index contributed by atoms with van der Waals surface area (Å²) in [6.45, 7) is 0.909. The fraction of sp³-hybridized carbons (Fsp3) is 0.300. The lowest BCUT2D eigenvalue weighted by Gasteiger charge is -2.15. The van der Waals surface area contributed by atoms with Crippen LogP contribution in [0.5, 0.6) is 17.2 Å². The summed E-state index contributed by atoms with van der Waals surface area (Å²) in [5.41, 5.74) is 0.687. The van der Waals surface area contributed by atoms with Gasteiger partial charge < -0.3 is 24.4 Å². The maximum absolute atomic E-state index is 12.8. The highest BCUT2D eigenvalue weighted by Gasteiger charge is 2.18. The van der Waals surface area contributed by atoms with E-state index in [9.17, 15) is 9.59 Å². The first-order chi connectivity index (χ1) is 13.5. The van der Waals surface area contributed by atoms with Crippen LogP contribution in [0.25, 0.3) is 0 Å². The summed E-state index contributed by atoms with van der Waals surface area (Å²) in [6, 6.07) is 9.95. The van der Waals surface area contributed by atoms with Crippen LogP contribution in [-0.2, 0) is 4.79 Å². The van der Waals surface area contributed by atoms with Crippen LogP contribution in [0.3, 0.4) is 0 Å². The van der Waals surface area contributed by atoms with Crippen molar-refractivity contribution in [1.82, 2.24) is 4.90 Å². The Hall–Kier alpha value is -2.93. The Kier molecular flexibility index (Phi) is 6.26. The first-order valence-electron chi connectivity index (χ1n) is 8.78. The summed E-state index contributed by atoms with van der Waals surface area (Å²) in [7, 11) is 3.27. The molecule has 0 saturated heterocycles. The standard InChI is InChI=1S/C20H21ClN2O5/c1-23(2)19(24)12-28-16-7-4-3-6-13(16)20(25)22-15-11-18-17(10-14(15)21)26-8-5-9-27-18/h3-4,6-7,10-11H,5,8-9,12H2,1-2H3,(H,22,25). The summed E-state index contributed by atoms with van der Waals surface area (Å²) < 4.78 is 16.8. The molecule has 3 rings (SSSR count). The van der Waals surface area contributed by atoms with Crippen molar-refractivity contribution in [2.45, 2.75) is 6.42 Å². The van der Waals surface area contributed by atoms with Crippen molar-refractivity contribution >= 4 is 29.1 Å². The van der Waals surface area contributed by atoms with Crippen molar-refractivity contribution in [1.29, 1.82) is 0 Å². The Morgan fingerprint density at radius 1 is 1.14 bits per heavy atom. The van der Waals surface area contributed by atoms with E-state index in [-0.39, 0.29) is 18.1 Å². The molecule has 8 heteroatoms. The molecule has 2 amide bonds. The molecule has 0 aromatic heterocycles. The molecule has 0 bridgehead atoms. The largest absolute Gasteiger partial charge is 0.490 e. The maximum Gasteiger partial charge on any atom is 0.259 e. The lowest BCUT2D eigenvalue weighted by Crippen LogP contribution is -2.28. The number of fused-ring (bicyclic) bond motifs is 1. The van der Waals surface area contributed by atoms with E-state index in [1.807, 2.05) is 0 Å². The number of ether oxygens (including phenoxy) is 3. The van der Waals surface area contributed by atoms with Crippen LogP contribution in [0.4, 0.5) is 5.69 Å². The quantitative estimate of drug-likeness (QED) is 0.827. The molecule has 2 aromatic rings. The van der Waals surface area contributed by atoms with Gasteiger partial charge in [0.1, 0.15) is 5.75 Å². The molecule has 0 spiro atoms. The number of rotatable bonds is 5. The number of carbonyl (C=O) groups excluding carboxylic acids is 2. The minimum Gasteiger partial charge on any atom is -0.490 e. The number of anilines is 1. The van der Waals surface area contributed by atoms with E-state index in [1.165, 1.54) is 4.90 Å². The Labute approximate surface area is 168 Å². The molecule has 0 fully saturated rings. The molecule has 0 atom stereocenters. The molecule has 2 aromatic carbocycles. The third kappa shape index (κ3) is 4.67. The third-order valence-corrected chi connectivity index (χ3v) is 4.38. The summed E-state index contributed by atoms with van der Waals surface area (Å²) in [4.78, 5) is 26.0. The molecule has 1 aliphatic heterocycles. The number of hydrogen-bond donors (Lipinski definition) is 1. The fourth-order valence-electron chi connectivity index (χ4n) is 2.52. The fourth-order valence-corrected chi connectivity index (χ4v) is 2.72. The molecule has 0 radical (unpaired) electrons. The Morgan fingerprint density at radius 3 is 2.54 bits per heavy atom. The van der Waals surface area contributed by atoms with Crippen molar-refractivity contribution in [3.8, 4) is 17.2 Å². The van der Waals surface area contributed by atoms with Gasteiger partial charge in [-0.05, 0) is 12.1 Å². The van der Waals surface area contributed by atoms with Gasteiger partial charge in [-0.25, -0.2) is 0 Å². The molecule has 1 N–H and O–H groups in total. The van der Waals surface area contributed by atoms with Gasteiger partial charge in [0.25, 0.3) is 11.8 Å². The molecule has 0 aliphatic carbocycles. The Bertz CT molecular complexity index is 885. The first kappa shape index (κ1) is 19.8. The molecular formula is C20H21ClN2O5. The number of para-hydroxylation sites is 1. The highest BCUT2D eigenvalue weighted by molar-refractivity contribution is 6.34. The van der Waals surface area contributed by atoms with Crippen LogP contribution in [0.15, 0.2) is 36.4 Å². The van der Waals surface area contributed by atoms with Crippen molar-refractivity contribution in [2.75, 3.05) is 39.2 Å². The predicted molar refractivity (Wildman–Crippen MR) is 106 cm³/mol. The molecule has 148 valence electrons. The Balaban J connectivity index is 1.78. The number of carbonyl (C=O) groups is 2. The van der Waals surface area contributed by atoms with Gasteiger partial charge in [0.05, 0.1) is 29.5 Å². The summed E-state index contributed by atoms with van der Waals surface area (Å²) in [5.74, 6) is 0.760. The summed E-state index contributed by atoms with van der Waals surface area (Å²) in [6.07, 6.45) is 0.768. The zero-order chi connectivity index (χ0) is 20.1. The van der Waals surface area contributed by atoms with E-state index >= 15 is 0 Å². The molecule has 0 saturated carbocycles. The van der Waals surface area contributed by atoms with E-state index in [1.54, 1.807) is 50.5 Å². The highest BCUT2D eigenvalue weighted by Crippen LogP contribution is 2.38. The topological polar surface area (TPSA) is 77.1 Å². The van der Waals surface area contributed by atoms with E-state index in [2.05, 4.69) is 5.32 Å². The van der Waals surface area contributed by atoms with Gasteiger partial charge in [0, 0.05) is 32.6 Å². The van der Waals surface area contributed by atoms with Gasteiger partial charge in [-0.15, -0.1) is 0 Å². The molecule has 0 unspecified atom stereocenters. The normalized spacial score (nSPS) is 12.7. The highest BCUT2D eigenvalue weighted by atomic mass is 35.5. The van der Waals surface area contributed by atoms with Gasteiger partial charge >= 0.3 is 0 Å². The average Bonchev–Trinajstić information content (AvgIpc) is 2.91. The molecule has 28 heavy (non-hydrogen) atoms. The van der Waals surface area contributed by atoms with Crippen molar-refractivity contribution < 1.29 is 23.8 Å². The Morgan fingerprint density at radius 2 is 1.82 bits per heavy atom. The van der Waals surface area contributed by atoms with Crippen molar-refractivity contribution in [2.24, 2.45) is 0 Å². The summed E-state index contributed by atoms with van der Waals surface area (Å²) in [5, 5.41) is 3.10. The second kappa shape index (κ2) is 8.84. The monoisotopic (exact) mass is 404 g/mol. The zero-order valence-corrected chi connectivity index (χ0v) is 16.4. The van der Waals surface area contributed by atoms with Gasteiger partial charge in [-0.1, -0.05) is 23.7 Å². The summed E-state index contributed by atoms with van der Waals surface area (Å²) >= 11 is 6.29. The number of hydrogen-bond acceptors (Lipinski definition) is 5. The molecule has 1 aliphatic rings. The average molecular weight is 405 g/mol. The van der Waals surface area contributed by atoms with E-state index in [0.717, 1.165) is 6.42 Å². The number of likely N-dealkylation sites (N-methyl/N-ethyl adjacent to an activating group) is 1. The van der Waals surface area contributed by atoms with Crippen molar-refractivity contribution in [3.05, 3.63) is 47.0 Å². The second-order valence-corrected chi connectivity index (χ2v) is 6.76. The smallest absolute Gasteiger partial charge is 0.259 e. The van der Waals surface area contributed by atoms with Crippen LogP contribution in [-0.4, -0.2) is 50.6 Å². The molecule has 7 nitrogen and oxygen atoms in total. The SMILES string of the molecule is CN(C)C(=O)COc1ccccc1C(=O)Nc1cc2c(cc1Cl)OCCCO2.